The fourth-order valence-electron chi connectivity index (χ4n) is 1.41. The maximum absolute atomic E-state index is 11.9. The van der Waals surface area contributed by atoms with Gasteiger partial charge in [0.15, 0.2) is 6.04 Å². The van der Waals surface area contributed by atoms with Gasteiger partial charge in [-0.05, 0) is 18.2 Å². The Hall–Kier alpha value is -2.28. The zero-order valence-corrected chi connectivity index (χ0v) is 10.5. The molecule has 1 amide bonds. The highest BCUT2D eigenvalue weighted by Crippen LogP contribution is 2.23. The molecular formula is C12H15NO6. The normalized spacial score (nSPS) is 11.5. The molecule has 1 atom stereocenters. The van der Waals surface area contributed by atoms with E-state index in [0.717, 1.165) is 0 Å². The summed E-state index contributed by atoms with van der Waals surface area (Å²) in [6, 6.07) is 3.19. The molecule has 0 aliphatic heterocycles. The van der Waals surface area contributed by atoms with Gasteiger partial charge in [0, 0.05) is 0 Å². The topological polar surface area (TPSA) is 105 Å². The Morgan fingerprint density at radius 1 is 1.32 bits per heavy atom. The lowest BCUT2D eigenvalue weighted by atomic mass is 10.1. The number of aliphatic carboxylic acids is 1. The number of methoxy groups -OCH3 is 2. The zero-order chi connectivity index (χ0) is 14.4. The third-order valence-electron chi connectivity index (χ3n) is 2.44. The van der Waals surface area contributed by atoms with Crippen LogP contribution in [0.5, 0.6) is 11.5 Å². The molecule has 0 aromatic heterocycles. The van der Waals surface area contributed by atoms with Gasteiger partial charge in [-0.2, -0.15) is 0 Å². The standard InChI is InChI=1S/C12H15NO6/c1-18-7-3-4-10(19-2)8(5-7)11(15)13-9(6-14)12(16)17/h3-5,9,14H,6H2,1-2H3,(H,13,15)(H,16,17). The predicted octanol–water partition coefficient (Wildman–Crippen LogP) is -0.121. The van der Waals surface area contributed by atoms with Crippen molar-refractivity contribution in [1.82, 2.24) is 5.32 Å². The van der Waals surface area contributed by atoms with Crippen molar-refractivity contribution in [3.63, 3.8) is 0 Å². The summed E-state index contributed by atoms with van der Waals surface area (Å²) < 4.78 is 10.00. The molecule has 0 radical (unpaired) electrons. The van der Waals surface area contributed by atoms with Crippen molar-refractivity contribution >= 4 is 11.9 Å². The number of nitrogens with one attached hydrogen (secondary N) is 1. The minimum absolute atomic E-state index is 0.126. The van der Waals surface area contributed by atoms with Crippen LogP contribution in [0.4, 0.5) is 0 Å². The molecule has 0 fully saturated rings. The highest BCUT2D eigenvalue weighted by atomic mass is 16.5. The first-order valence-electron chi connectivity index (χ1n) is 5.40. The lowest BCUT2D eigenvalue weighted by molar-refractivity contribution is -0.140. The van der Waals surface area contributed by atoms with E-state index in [2.05, 4.69) is 5.32 Å². The van der Waals surface area contributed by atoms with Crippen LogP contribution in [-0.4, -0.2) is 49.0 Å². The number of carboxylic acid groups (broad SMARTS) is 1. The van der Waals surface area contributed by atoms with E-state index in [1.807, 2.05) is 0 Å². The van der Waals surface area contributed by atoms with E-state index in [0.29, 0.717) is 5.75 Å². The average Bonchev–Trinajstić information content (AvgIpc) is 2.43. The first-order chi connectivity index (χ1) is 9.03. The van der Waals surface area contributed by atoms with Crippen LogP contribution in [0.3, 0.4) is 0 Å². The first-order valence-corrected chi connectivity index (χ1v) is 5.40. The van der Waals surface area contributed by atoms with Crippen LogP contribution in [0.25, 0.3) is 0 Å². The molecule has 3 N–H and O–H groups in total. The maximum atomic E-state index is 11.9. The molecule has 1 unspecified atom stereocenters. The number of hydrogen-bond donors (Lipinski definition) is 3. The fraction of sp³-hybridized carbons (Fsp3) is 0.333. The predicted molar refractivity (Wildman–Crippen MR) is 65.5 cm³/mol. The van der Waals surface area contributed by atoms with E-state index in [-0.39, 0.29) is 11.3 Å². The van der Waals surface area contributed by atoms with Gasteiger partial charge in [0.1, 0.15) is 11.5 Å². The number of carbonyl (C=O) groups excluding carboxylic acids is 1. The van der Waals surface area contributed by atoms with E-state index < -0.39 is 24.5 Å². The molecule has 0 spiro atoms. The second-order valence-electron chi connectivity index (χ2n) is 3.61. The molecule has 7 nitrogen and oxygen atoms in total. The number of carbonyl (C=O) groups is 2. The van der Waals surface area contributed by atoms with Crippen molar-refractivity contribution in [3.05, 3.63) is 23.8 Å². The van der Waals surface area contributed by atoms with Crippen LogP contribution < -0.4 is 14.8 Å². The van der Waals surface area contributed by atoms with Gasteiger partial charge in [-0.3, -0.25) is 4.79 Å². The van der Waals surface area contributed by atoms with Crippen LogP contribution in [0, 0.1) is 0 Å². The van der Waals surface area contributed by atoms with E-state index in [1.165, 1.54) is 26.4 Å². The Morgan fingerprint density at radius 2 is 2.00 bits per heavy atom. The fourth-order valence-corrected chi connectivity index (χ4v) is 1.41. The Labute approximate surface area is 109 Å². The summed E-state index contributed by atoms with van der Waals surface area (Å²) in [6.45, 7) is -0.701. The second kappa shape index (κ2) is 6.60. The Balaban J connectivity index is 3.00. The summed E-state index contributed by atoms with van der Waals surface area (Å²) in [5.41, 5.74) is 0.126. The number of rotatable bonds is 6. The van der Waals surface area contributed by atoms with Gasteiger partial charge in [-0.25, -0.2) is 4.79 Å². The number of carboxylic acids is 1. The van der Waals surface area contributed by atoms with Crippen molar-refractivity contribution in [2.75, 3.05) is 20.8 Å². The van der Waals surface area contributed by atoms with Crippen LogP contribution in [-0.2, 0) is 4.79 Å². The van der Waals surface area contributed by atoms with Crippen LogP contribution in [0.2, 0.25) is 0 Å². The third-order valence-corrected chi connectivity index (χ3v) is 2.44. The molecule has 0 bridgehead atoms. The summed E-state index contributed by atoms with van der Waals surface area (Å²) in [5.74, 6) is -1.28. The van der Waals surface area contributed by atoms with Gasteiger partial charge in [0.25, 0.3) is 5.91 Å². The summed E-state index contributed by atoms with van der Waals surface area (Å²) in [6.07, 6.45) is 0. The monoisotopic (exact) mass is 269 g/mol. The molecule has 0 saturated heterocycles. The molecule has 0 saturated carbocycles. The number of aliphatic hydroxyl groups is 1. The molecule has 7 heteroatoms. The van der Waals surface area contributed by atoms with Crippen molar-refractivity contribution in [1.29, 1.82) is 0 Å². The molecule has 0 aliphatic carbocycles. The molecule has 0 aliphatic rings. The number of benzene rings is 1. The van der Waals surface area contributed by atoms with Crippen molar-refractivity contribution in [3.8, 4) is 11.5 Å². The number of hydrogen-bond acceptors (Lipinski definition) is 5. The number of amides is 1. The summed E-state index contributed by atoms with van der Waals surface area (Å²) >= 11 is 0. The summed E-state index contributed by atoms with van der Waals surface area (Å²) in [7, 11) is 2.83. The molecule has 1 rings (SSSR count). The van der Waals surface area contributed by atoms with Gasteiger partial charge in [-0.15, -0.1) is 0 Å². The van der Waals surface area contributed by atoms with Crippen molar-refractivity contribution < 1.29 is 29.3 Å². The minimum Gasteiger partial charge on any atom is -0.497 e. The molecule has 19 heavy (non-hydrogen) atoms. The van der Waals surface area contributed by atoms with E-state index in [1.54, 1.807) is 6.07 Å². The number of aliphatic hydroxyl groups excluding tert-OH is 1. The van der Waals surface area contributed by atoms with E-state index >= 15 is 0 Å². The first kappa shape index (κ1) is 14.8. The lowest BCUT2D eigenvalue weighted by Gasteiger charge is -2.14. The molecular weight excluding hydrogens is 254 g/mol. The Bertz CT molecular complexity index is 473. The largest absolute Gasteiger partial charge is 0.497 e. The van der Waals surface area contributed by atoms with Crippen LogP contribution in [0.15, 0.2) is 18.2 Å². The number of ether oxygens (including phenoxy) is 2. The van der Waals surface area contributed by atoms with Crippen molar-refractivity contribution in [2.45, 2.75) is 6.04 Å². The molecule has 0 heterocycles. The second-order valence-corrected chi connectivity index (χ2v) is 3.61. The van der Waals surface area contributed by atoms with Crippen LogP contribution in [0.1, 0.15) is 10.4 Å². The highest BCUT2D eigenvalue weighted by molar-refractivity contribution is 5.99. The van der Waals surface area contributed by atoms with Gasteiger partial charge in [0.05, 0.1) is 26.4 Å². The van der Waals surface area contributed by atoms with Gasteiger partial charge >= 0.3 is 5.97 Å². The minimum atomic E-state index is -1.37. The molecule has 1 aromatic carbocycles. The van der Waals surface area contributed by atoms with Gasteiger partial charge in [0.2, 0.25) is 0 Å². The lowest BCUT2D eigenvalue weighted by Crippen LogP contribution is -2.43. The third kappa shape index (κ3) is 3.59. The molecule has 104 valence electrons. The zero-order valence-electron chi connectivity index (χ0n) is 10.5. The molecule has 1 aromatic rings. The van der Waals surface area contributed by atoms with Gasteiger partial charge in [-0.1, -0.05) is 0 Å². The summed E-state index contributed by atoms with van der Waals surface area (Å²) in [4.78, 5) is 22.7. The van der Waals surface area contributed by atoms with E-state index in [4.69, 9.17) is 19.7 Å². The van der Waals surface area contributed by atoms with E-state index in [9.17, 15) is 9.59 Å². The van der Waals surface area contributed by atoms with Crippen LogP contribution >= 0.6 is 0 Å². The average molecular weight is 269 g/mol. The quantitative estimate of drug-likeness (QED) is 0.665. The summed E-state index contributed by atoms with van der Waals surface area (Å²) in [5, 5.41) is 19.8. The smallest absolute Gasteiger partial charge is 0.328 e. The SMILES string of the molecule is COc1ccc(OC)c(C(=O)NC(CO)C(=O)O)c1. The highest BCUT2D eigenvalue weighted by Gasteiger charge is 2.22. The van der Waals surface area contributed by atoms with Crippen molar-refractivity contribution in [2.24, 2.45) is 0 Å². The maximum Gasteiger partial charge on any atom is 0.328 e. The Morgan fingerprint density at radius 3 is 2.47 bits per heavy atom. The van der Waals surface area contributed by atoms with Gasteiger partial charge < -0.3 is 25.0 Å². The Kier molecular flexibility index (Phi) is 5.13.